The summed E-state index contributed by atoms with van der Waals surface area (Å²) in [5.41, 5.74) is 7.08. The molecule has 0 aliphatic rings. The second kappa shape index (κ2) is 6.43. The van der Waals surface area contributed by atoms with Crippen LogP contribution in [0, 0.1) is 0 Å². The summed E-state index contributed by atoms with van der Waals surface area (Å²) in [6.07, 6.45) is 0. The van der Waals surface area contributed by atoms with Crippen LogP contribution in [0.15, 0.2) is 57.9 Å². The van der Waals surface area contributed by atoms with Crippen LogP contribution >= 0.6 is 15.9 Å². The van der Waals surface area contributed by atoms with Crippen LogP contribution in [0.1, 0.15) is 10.5 Å². The molecule has 0 aliphatic heterocycles. The normalized spacial score (nSPS) is 11.4. The number of nitrogens with one attached hydrogen (secondary N) is 1. The Hall–Kier alpha value is -2.49. The van der Waals surface area contributed by atoms with Gasteiger partial charge in [0.1, 0.15) is 0 Å². The first kappa shape index (κ1) is 17.3. The number of nitrogens with zero attached hydrogens (tertiary/aromatic N) is 1. The SMILES string of the molecule is NC(=O)c1n[nH]c(-c2ccc(Br)cc2)c1-c1ccccc1S(N)(=O)=O. The van der Waals surface area contributed by atoms with E-state index in [1.54, 1.807) is 30.3 Å². The van der Waals surface area contributed by atoms with Gasteiger partial charge in [-0.3, -0.25) is 9.89 Å². The first-order chi connectivity index (χ1) is 11.8. The van der Waals surface area contributed by atoms with Crippen molar-refractivity contribution in [1.29, 1.82) is 0 Å². The maximum atomic E-state index is 11.9. The number of amides is 1. The molecule has 1 aromatic heterocycles. The Bertz CT molecular complexity index is 1060. The molecule has 1 amide bonds. The number of primary amides is 1. The summed E-state index contributed by atoms with van der Waals surface area (Å²) in [6, 6.07) is 13.3. The monoisotopic (exact) mass is 420 g/mol. The van der Waals surface area contributed by atoms with Crippen LogP contribution in [0.4, 0.5) is 0 Å². The molecular weight excluding hydrogens is 408 g/mol. The van der Waals surface area contributed by atoms with Crippen LogP contribution in [0.25, 0.3) is 22.4 Å². The second-order valence-electron chi connectivity index (χ2n) is 5.23. The number of halogens is 1. The van der Waals surface area contributed by atoms with Crippen LogP contribution in [-0.2, 0) is 10.0 Å². The number of carbonyl (C=O) groups excluding carboxylic acids is 1. The van der Waals surface area contributed by atoms with E-state index in [4.69, 9.17) is 10.9 Å². The van der Waals surface area contributed by atoms with Crippen LogP contribution in [-0.4, -0.2) is 24.5 Å². The molecule has 0 bridgehead atoms. The summed E-state index contributed by atoms with van der Waals surface area (Å²) in [6.45, 7) is 0. The number of hydrogen-bond donors (Lipinski definition) is 3. The third kappa shape index (κ3) is 3.34. The highest BCUT2D eigenvalue weighted by atomic mass is 79.9. The lowest BCUT2D eigenvalue weighted by molar-refractivity contribution is 0.0996. The molecule has 0 aliphatic carbocycles. The topological polar surface area (TPSA) is 132 Å². The molecule has 25 heavy (non-hydrogen) atoms. The number of aromatic nitrogens is 2. The van der Waals surface area contributed by atoms with Gasteiger partial charge < -0.3 is 5.73 Å². The fourth-order valence-corrected chi connectivity index (χ4v) is 3.54. The number of H-pyrrole nitrogens is 1. The van der Waals surface area contributed by atoms with E-state index in [0.717, 1.165) is 4.47 Å². The molecule has 0 unspecified atom stereocenters. The fourth-order valence-electron chi connectivity index (χ4n) is 2.53. The smallest absolute Gasteiger partial charge is 0.269 e. The highest BCUT2D eigenvalue weighted by Gasteiger charge is 2.25. The number of sulfonamides is 1. The summed E-state index contributed by atoms with van der Waals surface area (Å²) in [7, 11) is -4.01. The van der Waals surface area contributed by atoms with Crippen molar-refractivity contribution < 1.29 is 13.2 Å². The third-order valence-electron chi connectivity index (χ3n) is 3.60. The molecule has 0 atom stereocenters. The van der Waals surface area contributed by atoms with E-state index < -0.39 is 15.9 Å². The van der Waals surface area contributed by atoms with Crippen molar-refractivity contribution in [1.82, 2.24) is 10.2 Å². The van der Waals surface area contributed by atoms with Gasteiger partial charge in [0.05, 0.1) is 10.6 Å². The second-order valence-corrected chi connectivity index (χ2v) is 7.68. The molecule has 0 spiro atoms. The Labute approximate surface area is 152 Å². The molecular formula is C16H13BrN4O3S. The molecule has 7 nitrogen and oxygen atoms in total. The summed E-state index contributed by atoms with van der Waals surface area (Å²) in [4.78, 5) is 11.7. The van der Waals surface area contributed by atoms with Crippen molar-refractivity contribution in [2.75, 3.05) is 0 Å². The molecule has 3 aromatic rings. The summed E-state index contributed by atoms with van der Waals surface area (Å²) < 4.78 is 24.8. The van der Waals surface area contributed by atoms with Crippen molar-refractivity contribution >= 4 is 31.9 Å². The van der Waals surface area contributed by atoms with Gasteiger partial charge in [0.15, 0.2) is 5.69 Å². The Morgan fingerprint density at radius 1 is 1.08 bits per heavy atom. The number of carbonyl (C=O) groups is 1. The molecule has 0 saturated heterocycles. The number of rotatable bonds is 4. The Morgan fingerprint density at radius 3 is 2.32 bits per heavy atom. The predicted molar refractivity (Wildman–Crippen MR) is 97.1 cm³/mol. The standard InChI is InChI=1S/C16H13BrN4O3S/c17-10-7-5-9(6-8-10)14-13(15(16(18)22)21-20-14)11-3-1-2-4-12(11)25(19,23)24/h1-8H,(H2,18,22)(H,20,21)(H2,19,23,24). The number of aromatic amines is 1. The van der Waals surface area contributed by atoms with Crippen molar-refractivity contribution in [2.24, 2.45) is 10.9 Å². The lowest BCUT2D eigenvalue weighted by Gasteiger charge is -2.10. The van der Waals surface area contributed by atoms with E-state index in [1.165, 1.54) is 6.07 Å². The van der Waals surface area contributed by atoms with Crippen LogP contribution in [0.3, 0.4) is 0 Å². The maximum absolute atomic E-state index is 11.9. The predicted octanol–water partition coefficient (Wildman–Crippen LogP) is 2.25. The number of primary sulfonamides is 1. The number of nitrogens with two attached hydrogens (primary N) is 2. The maximum Gasteiger partial charge on any atom is 0.269 e. The van der Waals surface area contributed by atoms with Crippen LogP contribution in [0.5, 0.6) is 0 Å². The minimum Gasteiger partial charge on any atom is -0.364 e. The molecule has 2 aromatic carbocycles. The quantitative estimate of drug-likeness (QED) is 0.596. The molecule has 128 valence electrons. The summed E-state index contributed by atoms with van der Waals surface area (Å²) in [5.74, 6) is -0.779. The van der Waals surface area contributed by atoms with E-state index in [9.17, 15) is 13.2 Å². The average Bonchev–Trinajstić information content (AvgIpc) is 3.00. The zero-order valence-electron chi connectivity index (χ0n) is 12.7. The molecule has 9 heteroatoms. The lowest BCUT2D eigenvalue weighted by Crippen LogP contribution is -2.15. The highest BCUT2D eigenvalue weighted by Crippen LogP contribution is 2.36. The van der Waals surface area contributed by atoms with E-state index in [1.807, 2.05) is 12.1 Å². The van der Waals surface area contributed by atoms with E-state index in [2.05, 4.69) is 26.1 Å². The van der Waals surface area contributed by atoms with Gasteiger partial charge >= 0.3 is 0 Å². The number of hydrogen-bond acceptors (Lipinski definition) is 4. The van der Waals surface area contributed by atoms with E-state index in [0.29, 0.717) is 16.8 Å². The van der Waals surface area contributed by atoms with Crippen molar-refractivity contribution in [2.45, 2.75) is 4.90 Å². The van der Waals surface area contributed by atoms with Gasteiger partial charge in [-0.05, 0) is 18.2 Å². The molecule has 3 rings (SSSR count). The molecule has 0 radical (unpaired) electrons. The Morgan fingerprint density at radius 2 is 1.72 bits per heavy atom. The highest BCUT2D eigenvalue weighted by molar-refractivity contribution is 9.10. The zero-order chi connectivity index (χ0) is 18.2. The van der Waals surface area contributed by atoms with E-state index >= 15 is 0 Å². The first-order valence-electron chi connectivity index (χ1n) is 7.05. The minimum atomic E-state index is -4.01. The Balaban J connectivity index is 2.35. The van der Waals surface area contributed by atoms with Gasteiger partial charge in [-0.15, -0.1) is 0 Å². The fraction of sp³-hybridized carbons (Fsp3) is 0. The largest absolute Gasteiger partial charge is 0.364 e. The van der Waals surface area contributed by atoms with Gasteiger partial charge in [0.25, 0.3) is 5.91 Å². The average molecular weight is 421 g/mol. The van der Waals surface area contributed by atoms with Crippen molar-refractivity contribution in [3.63, 3.8) is 0 Å². The Kier molecular flexibility index (Phi) is 4.46. The first-order valence-corrected chi connectivity index (χ1v) is 9.39. The number of benzene rings is 2. The van der Waals surface area contributed by atoms with Crippen LogP contribution in [0.2, 0.25) is 0 Å². The molecule has 1 heterocycles. The zero-order valence-corrected chi connectivity index (χ0v) is 15.1. The van der Waals surface area contributed by atoms with Gasteiger partial charge in [0.2, 0.25) is 10.0 Å². The molecule has 0 fully saturated rings. The molecule has 0 saturated carbocycles. The lowest BCUT2D eigenvalue weighted by atomic mass is 9.98. The van der Waals surface area contributed by atoms with Crippen molar-refractivity contribution in [3.8, 4) is 22.4 Å². The minimum absolute atomic E-state index is 0.0611. The summed E-state index contributed by atoms with van der Waals surface area (Å²) >= 11 is 3.35. The summed E-state index contributed by atoms with van der Waals surface area (Å²) in [5, 5.41) is 12.1. The van der Waals surface area contributed by atoms with Gasteiger partial charge in [-0.2, -0.15) is 5.10 Å². The van der Waals surface area contributed by atoms with Gasteiger partial charge in [-0.25, -0.2) is 13.6 Å². The van der Waals surface area contributed by atoms with Gasteiger partial charge in [-0.1, -0.05) is 46.3 Å². The van der Waals surface area contributed by atoms with Crippen molar-refractivity contribution in [3.05, 3.63) is 58.7 Å². The van der Waals surface area contributed by atoms with Crippen LogP contribution < -0.4 is 10.9 Å². The molecule has 5 N–H and O–H groups in total. The third-order valence-corrected chi connectivity index (χ3v) is 5.09. The van der Waals surface area contributed by atoms with E-state index in [-0.39, 0.29) is 16.2 Å². The van der Waals surface area contributed by atoms with Gasteiger partial charge in [0, 0.05) is 21.2 Å².